The molecule has 1 N–H and O–H groups in total. The van der Waals surface area contributed by atoms with Gasteiger partial charge in [-0.15, -0.1) is 0 Å². The van der Waals surface area contributed by atoms with Crippen molar-refractivity contribution in [2.24, 2.45) is 5.10 Å². The van der Waals surface area contributed by atoms with Crippen LogP contribution in [0.15, 0.2) is 64.2 Å². The average molecular weight is 534 g/mol. The molecule has 8 heteroatoms. The molecule has 0 aromatic heterocycles. The highest BCUT2D eigenvalue weighted by atomic mass is 79.9. The number of ether oxygens (including phenoxy) is 4. The predicted molar refractivity (Wildman–Crippen MR) is 135 cm³/mol. The number of hydrazone groups is 1. The molecule has 6 nitrogen and oxygen atoms in total. The fourth-order valence-corrected chi connectivity index (χ4v) is 3.84. The van der Waals surface area contributed by atoms with E-state index in [2.05, 4.69) is 26.5 Å². The molecule has 0 atom stereocenters. The highest BCUT2D eigenvalue weighted by Gasteiger charge is 2.13. The lowest BCUT2D eigenvalue weighted by atomic mass is 10.2. The third-order valence-electron chi connectivity index (χ3n) is 4.70. The van der Waals surface area contributed by atoms with Gasteiger partial charge in [-0.05, 0) is 64.3 Å². The first-order chi connectivity index (χ1) is 16.0. The zero-order chi connectivity index (χ0) is 23.6. The molecule has 174 valence electrons. The number of nitrogens with zero attached hydrogens (tertiary/aromatic N) is 1. The summed E-state index contributed by atoms with van der Waals surface area (Å²) in [5.41, 5.74) is 5.82. The molecule has 0 radical (unpaired) electrons. The molecular formula is C25H26BrClN2O4. The van der Waals surface area contributed by atoms with Gasteiger partial charge in [0.2, 0.25) is 0 Å². The number of nitrogens with one attached hydrogen (secondary N) is 1. The fraction of sp³-hybridized carbons (Fsp3) is 0.240. The first-order valence-electron chi connectivity index (χ1n) is 10.3. The van der Waals surface area contributed by atoms with Gasteiger partial charge in [0.05, 0.1) is 38.1 Å². The number of hydrogen-bond donors (Lipinski definition) is 1. The van der Waals surface area contributed by atoms with Crippen LogP contribution < -0.4 is 24.4 Å². The number of rotatable bonds is 11. The van der Waals surface area contributed by atoms with Crippen LogP contribution in [-0.2, 0) is 13.2 Å². The van der Waals surface area contributed by atoms with Gasteiger partial charge in [0, 0.05) is 10.6 Å². The van der Waals surface area contributed by atoms with Crippen LogP contribution in [0.2, 0.25) is 5.02 Å². The quantitative estimate of drug-likeness (QED) is 0.234. The molecule has 0 bridgehead atoms. The van der Waals surface area contributed by atoms with Crippen molar-refractivity contribution in [1.82, 2.24) is 5.43 Å². The van der Waals surface area contributed by atoms with E-state index in [0.29, 0.717) is 47.8 Å². The number of benzene rings is 3. The van der Waals surface area contributed by atoms with E-state index in [4.69, 9.17) is 30.5 Å². The summed E-state index contributed by atoms with van der Waals surface area (Å²) in [5.74, 6) is 2.61. The van der Waals surface area contributed by atoms with E-state index in [9.17, 15) is 0 Å². The molecule has 3 aromatic rings. The first-order valence-corrected chi connectivity index (χ1v) is 11.5. The van der Waals surface area contributed by atoms with Gasteiger partial charge in [0.1, 0.15) is 6.61 Å². The van der Waals surface area contributed by atoms with Gasteiger partial charge >= 0.3 is 0 Å². The van der Waals surface area contributed by atoms with E-state index in [0.717, 1.165) is 21.2 Å². The second-order valence-corrected chi connectivity index (χ2v) is 8.19. The normalized spacial score (nSPS) is 10.8. The van der Waals surface area contributed by atoms with Crippen molar-refractivity contribution >= 4 is 33.7 Å². The van der Waals surface area contributed by atoms with Crippen molar-refractivity contribution in [2.45, 2.75) is 20.1 Å². The Morgan fingerprint density at radius 3 is 2.48 bits per heavy atom. The van der Waals surface area contributed by atoms with Crippen LogP contribution in [0.3, 0.4) is 0 Å². The molecule has 0 fully saturated rings. The third-order valence-corrected chi connectivity index (χ3v) is 5.66. The summed E-state index contributed by atoms with van der Waals surface area (Å²) < 4.78 is 23.2. The second kappa shape index (κ2) is 12.4. The molecule has 0 amide bonds. The third kappa shape index (κ3) is 6.79. The SMILES string of the molecule is CCOc1cc(/C=N/NCc2ccc(OC)c(OC)c2)cc(Br)c1OCc1ccccc1Cl. The number of halogens is 2. The molecule has 0 saturated carbocycles. The summed E-state index contributed by atoms with van der Waals surface area (Å²) in [6.07, 6.45) is 1.73. The molecule has 0 saturated heterocycles. The van der Waals surface area contributed by atoms with Crippen LogP contribution in [-0.4, -0.2) is 27.0 Å². The van der Waals surface area contributed by atoms with Gasteiger partial charge in [-0.2, -0.15) is 5.10 Å². The minimum Gasteiger partial charge on any atom is -0.493 e. The zero-order valence-electron chi connectivity index (χ0n) is 18.7. The molecule has 3 aromatic carbocycles. The molecule has 0 aliphatic carbocycles. The Labute approximate surface area is 207 Å². The maximum absolute atomic E-state index is 6.24. The van der Waals surface area contributed by atoms with Gasteiger partial charge in [0.15, 0.2) is 23.0 Å². The minimum absolute atomic E-state index is 0.332. The monoisotopic (exact) mass is 532 g/mol. The van der Waals surface area contributed by atoms with E-state index in [1.54, 1.807) is 20.4 Å². The Kier molecular flexibility index (Phi) is 9.27. The molecule has 33 heavy (non-hydrogen) atoms. The van der Waals surface area contributed by atoms with Crippen molar-refractivity contribution in [2.75, 3.05) is 20.8 Å². The largest absolute Gasteiger partial charge is 0.493 e. The van der Waals surface area contributed by atoms with Gasteiger partial charge in [0.25, 0.3) is 0 Å². The van der Waals surface area contributed by atoms with Crippen LogP contribution in [0.4, 0.5) is 0 Å². The molecule has 0 spiro atoms. The highest BCUT2D eigenvalue weighted by Crippen LogP contribution is 2.37. The Morgan fingerprint density at radius 2 is 1.76 bits per heavy atom. The Morgan fingerprint density at radius 1 is 0.970 bits per heavy atom. The molecule has 3 rings (SSSR count). The summed E-state index contributed by atoms with van der Waals surface area (Å²) in [4.78, 5) is 0. The summed E-state index contributed by atoms with van der Waals surface area (Å²) >= 11 is 9.83. The van der Waals surface area contributed by atoms with Gasteiger partial charge in [-0.1, -0.05) is 35.9 Å². The lowest BCUT2D eigenvalue weighted by molar-refractivity contribution is 0.267. The lowest BCUT2D eigenvalue weighted by Crippen LogP contribution is -2.06. The highest BCUT2D eigenvalue weighted by molar-refractivity contribution is 9.10. The van der Waals surface area contributed by atoms with Crippen LogP contribution >= 0.6 is 27.5 Å². The Balaban J connectivity index is 1.68. The molecule has 0 unspecified atom stereocenters. The van der Waals surface area contributed by atoms with Crippen molar-refractivity contribution in [3.05, 3.63) is 80.8 Å². The smallest absolute Gasteiger partial charge is 0.175 e. The maximum Gasteiger partial charge on any atom is 0.175 e. The van der Waals surface area contributed by atoms with Crippen molar-refractivity contribution in [3.8, 4) is 23.0 Å². The van der Waals surface area contributed by atoms with E-state index in [1.807, 2.05) is 61.5 Å². The molecule has 0 heterocycles. The molecule has 0 aliphatic heterocycles. The van der Waals surface area contributed by atoms with E-state index < -0.39 is 0 Å². The van der Waals surface area contributed by atoms with Crippen LogP contribution in [0, 0.1) is 0 Å². The first kappa shape index (κ1) is 24.7. The Hall–Kier alpha value is -2.90. The number of hydrogen-bond acceptors (Lipinski definition) is 6. The minimum atomic E-state index is 0.332. The van der Waals surface area contributed by atoms with Gasteiger partial charge in [-0.3, -0.25) is 0 Å². The van der Waals surface area contributed by atoms with Crippen molar-refractivity contribution in [3.63, 3.8) is 0 Å². The van der Waals surface area contributed by atoms with Crippen LogP contribution in [0.25, 0.3) is 0 Å². The predicted octanol–water partition coefficient (Wildman–Crippen LogP) is 6.22. The average Bonchev–Trinajstić information content (AvgIpc) is 2.82. The van der Waals surface area contributed by atoms with Gasteiger partial charge in [-0.25, -0.2) is 0 Å². The van der Waals surface area contributed by atoms with Crippen LogP contribution in [0.5, 0.6) is 23.0 Å². The summed E-state index contributed by atoms with van der Waals surface area (Å²) in [6.45, 7) is 3.30. The van der Waals surface area contributed by atoms with Crippen molar-refractivity contribution < 1.29 is 18.9 Å². The molecular weight excluding hydrogens is 508 g/mol. The number of methoxy groups -OCH3 is 2. The summed E-state index contributed by atoms with van der Waals surface area (Å²) in [7, 11) is 3.23. The summed E-state index contributed by atoms with van der Waals surface area (Å²) in [5, 5.41) is 4.99. The van der Waals surface area contributed by atoms with Crippen molar-refractivity contribution in [1.29, 1.82) is 0 Å². The molecule has 0 aliphatic rings. The maximum atomic E-state index is 6.24. The topological polar surface area (TPSA) is 61.3 Å². The van der Waals surface area contributed by atoms with Gasteiger partial charge < -0.3 is 24.4 Å². The summed E-state index contributed by atoms with van der Waals surface area (Å²) in [6, 6.07) is 17.1. The van der Waals surface area contributed by atoms with Crippen LogP contribution in [0.1, 0.15) is 23.6 Å². The Bertz CT molecular complexity index is 1110. The second-order valence-electron chi connectivity index (χ2n) is 6.93. The lowest BCUT2D eigenvalue weighted by Gasteiger charge is -2.15. The van der Waals surface area contributed by atoms with E-state index in [1.165, 1.54) is 0 Å². The van der Waals surface area contributed by atoms with E-state index >= 15 is 0 Å². The van der Waals surface area contributed by atoms with E-state index in [-0.39, 0.29) is 0 Å². The standard InChI is InChI=1S/C25H26BrClN2O4/c1-4-32-24-13-18(11-20(26)25(24)33-16-19-7-5-6-8-21(19)27)15-29-28-14-17-9-10-22(30-2)23(12-17)31-3/h5-13,15,28H,4,14,16H2,1-3H3/b29-15+. The fourth-order valence-electron chi connectivity index (χ4n) is 3.08. The zero-order valence-corrected chi connectivity index (χ0v) is 21.1.